The molecule has 1 heterocycles. The molecule has 2 N–H and O–H groups in total. The van der Waals surface area contributed by atoms with Crippen molar-refractivity contribution < 1.29 is 8.81 Å². The first-order valence-corrected chi connectivity index (χ1v) is 6.98. The van der Waals surface area contributed by atoms with Crippen LogP contribution in [0.1, 0.15) is 38.0 Å². The van der Waals surface area contributed by atoms with Gasteiger partial charge in [-0.05, 0) is 18.9 Å². The second kappa shape index (κ2) is 4.76. The summed E-state index contributed by atoms with van der Waals surface area (Å²) in [5.74, 6) is 0.208. The van der Waals surface area contributed by atoms with Crippen LogP contribution in [0.15, 0.2) is 16.5 Å². The maximum Gasteiger partial charge on any atom is 0.203 e. The Morgan fingerprint density at radius 1 is 1.32 bits per heavy atom. The van der Waals surface area contributed by atoms with Crippen molar-refractivity contribution in [2.45, 2.75) is 37.5 Å². The lowest BCUT2D eigenvalue weighted by molar-refractivity contribution is 0.247. The third-order valence-corrected chi connectivity index (χ3v) is 4.35. The number of halogens is 2. The molecule has 3 nitrogen and oxygen atoms in total. The summed E-state index contributed by atoms with van der Waals surface area (Å²) in [5.41, 5.74) is 6.67. The van der Waals surface area contributed by atoms with Crippen LogP contribution in [-0.4, -0.2) is 11.5 Å². The number of rotatable bonds is 2. The third kappa shape index (κ3) is 2.13. The number of nitrogens with zero attached hydrogens (tertiary/aromatic N) is 1. The maximum absolute atomic E-state index is 13.3. The van der Waals surface area contributed by atoms with Crippen LogP contribution in [0.3, 0.4) is 0 Å². The van der Waals surface area contributed by atoms with Crippen molar-refractivity contribution in [2.24, 2.45) is 5.73 Å². The average molecular weight is 283 g/mol. The average Bonchev–Trinajstić information content (AvgIpc) is 2.84. The highest BCUT2D eigenvalue weighted by molar-refractivity contribution is 6.34. The SMILES string of the molecule is NCC1(c2nc3cc(F)cc(Cl)c3o2)CCCCC1. The molecule has 1 saturated carbocycles. The van der Waals surface area contributed by atoms with Crippen LogP contribution in [-0.2, 0) is 5.41 Å². The molecule has 0 amide bonds. The molecule has 0 unspecified atom stereocenters. The van der Waals surface area contributed by atoms with Crippen molar-refractivity contribution in [3.8, 4) is 0 Å². The van der Waals surface area contributed by atoms with Crippen molar-refractivity contribution in [1.82, 2.24) is 4.98 Å². The monoisotopic (exact) mass is 282 g/mol. The van der Waals surface area contributed by atoms with Gasteiger partial charge in [0.25, 0.3) is 0 Å². The van der Waals surface area contributed by atoms with Crippen LogP contribution in [0.25, 0.3) is 11.1 Å². The topological polar surface area (TPSA) is 52.0 Å². The number of hydrogen-bond acceptors (Lipinski definition) is 3. The van der Waals surface area contributed by atoms with E-state index < -0.39 is 5.82 Å². The summed E-state index contributed by atoms with van der Waals surface area (Å²) in [6.07, 6.45) is 5.40. The van der Waals surface area contributed by atoms with Crippen LogP contribution in [0.5, 0.6) is 0 Å². The first-order chi connectivity index (χ1) is 9.14. The highest BCUT2D eigenvalue weighted by atomic mass is 35.5. The zero-order valence-corrected chi connectivity index (χ0v) is 11.3. The van der Waals surface area contributed by atoms with Crippen LogP contribution in [0, 0.1) is 5.82 Å². The molecular weight excluding hydrogens is 267 g/mol. The van der Waals surface area contributed by atoms with E-state index in [4.69, 9.17) is 21.8 Å². The molecule has 0 radical (unpaired) electrons. The van der Waals surface area contributed by atoms with Gasteiger partial charge in [-0.1, -0.05) is 30.9 Å². The molecule has 0 saturated heterocycles. The number of aromatic nitrogens is 1. The Morgan fingerprint density at radius 2 is 2.05 bits per heavy atom. The molecule has 0 spiro atoms. The van der Waals surface area contributed by atoms with Gasteiger partial charge in [-0.2, -0.15) is 0 Å². The number of fused-ring (bicyclic) bond motifs is 1. The molecule has 1 aromatic carbocycles. The quantitative estimate of drug-likeness (QED) is 0.912. The minimum atomic E-state index is -0.400. The van der Waals surface area contributed by atoms with Gasteiger partial charge in [0.1, 0.15) is 11.3 Å². The Hall–Kier alpha value is -1.13. The molecule has 3 rings (SSSR count). The molecule has 1 aliphatic carbocycles. The van der Waals surface area contributed by atoms with E-state index in [9.17, 15) is 4.39 Å². The first kappa shape index (κ1) is 12.9. The van der Waals surface area contributed by atoms with E-state index in [2.05, 4.69) is 4.98 Å². The largest absolute Gasteiger partial charge is 0.438 e. The van der Waals surface area contributed by atoms with Crippen LogP contribution in [0.4, 0.5) is 4.39 Å². The number of oxazole rings is 1. The van der Waals surface area contributed by atoms with Gasteiger partial charge in [-0.25, -0.2) is 9.37 Å². The fourth-order valence-electron chi connectivity index (χ4n) is 2.92. The van der Waals surface area contributed by atoms with Gasteiger partial charge in [0.05, 0.1) is 10.4 Å². The van der Waals surface area contributed by atoms with Crippen molar-refractivity contribution in [3.05, 3.63) is 28.9 Å². The zero-order chi connectivity index (χ0) is 13.5. The lowest BCUT2D eigenvalue weighted by Gasteiger charge is -2.32. The highest BCUT2D eigenvalue weighted by Gasteiger charge is 2.37. The minimum absolute atomic E-state index is 0.211. The zero-order valence-electron chi connectivity index (χ0n) is 10.6. The maximum atomic E-state index is 13.3. The standard InChI is InChI=1S/C14H16ClFN2O/c15-10-6-9(16)7-11-12(10)19-13(18-11)14(8-17)4-2-1-3-5-14/h6-7H,1-5,8,17H2. The molecule has 0 atom stereocenters. The van der Waals surface area contributed by atoms with E-state index in [-0.39, 0.29) is 10.4 Å². The van der Waals surface area contributed by atoms with Crippen LogP contribution < -0.4 is 5.73 Å². The summed E-state index contributed by atoms with van der Waals surface area (Å²) in [6, 6.07) is 2.59. The van der Waals surface area contributed by atoms with Crippen LogP contribution in [0.2, 0.25) is 5.02 Å². The second-order valence-electron chi connectivity index (χ2n) is 5.30. The van der Waals surface area contributed by atoms with E-state index >= 15 is 0 Å². The Kier molecular flexibility index (Phi) is 3.23. The summed E-state index contributed by atoms with van der Waals surface area (Å²) in [7, 11) is 0. The van der Waals surface area contributed by atoms with Crippen molar-refractivity contribution in [1.29, 1.82) is 0 Å². The molecule has 1 aromatic heterocycles. The van der Waals surface area contributed by atoms with E-state index in [1.165, 1.54) is 18.6 Å². The molecule has 0 aliphatic heterocycles. The molecular formula is C14H16ClFN2O. The summed E-state index contributed by atoms with van der Waals surface area (Å²) >= 11 is 6.00. The molecule has 2 aromatic rings. The lowest BCUT2D eigenvalue weighted by Crippen LogP contribution is -2.37. The second-order valence-corrected chi connectivity index (χ2v) is 5.71. The number of nitrogens with two attached hydrogens (primary N) is 1. The Labute approximate surface area is 115 Å². The van der Waals surface area contributed by atoms with Crippen molar-refractivity contribution in [3.63, 3.8) is 0 Å². The van der Waals surface area contributed by atoms with E-state index in [1.54, 1.807) is 0 Å². The predicted molar refractivity (Wildman–Crippen MR) is 72.8 cm³/mol. The van der Waals surface area contributed by atoms with Gasteiger partial charge in [0.2, 0.25) is 5.89 Å². The number of benzene rings is 1. The fraction of sp³-hybridized carbons (Fsp3) is 0.500. The molecule has 1 aliphatic rings. The molecule has 102 valence electrons. The minimum Gasteiger partial charge on any atom is -0.438 e. The third-order valence-electron chi connectivity index (χ3n) is 4.06. The van der Waals surface area contributed by atoms with E-state index in [0.717, 1.165) is 25.7 Å². The Bertz CT molecular complexity index is 605. The Balaban J connectivity index is 2.11. The van der Waals surface area contributed by atoms with Gasteiger partial charge in [-0.3, -0.25) is 0 Å². The summed E-state index contributed by atoms with van der Waals surface area (Å²) in [5, 5.41) is 0.261. The summed E-state index contributed by atoms with van der Waals surface area (Å²) in [6.45, 7) is 0.500. The Morgan fingerprint density at radius 3 is 2.74 bits per heavy atom. The molecule has 0 bridgehead atoms. The van der Waals surface area contributed by atoms with Gasteiger partial charge in [0.15, 0.2) is 5.58 Å². The van der Waals surface area contributed by atoms with E-state index in [1.807, 2.05) is 0 Å². The molecule has 19 heavy (non-hydrogen) atoms. The smallest absolute Gasteiger partial charge is 0.203 e. The fourth-order valence-corrected chi connectivity index (χ4v) is 3.16. The van der Waals surface area contributed by atoms with Crippen molar-refractivity contribution in [2.75, 3.05) is 6.54 Å². The summed E-state index contributed by atoms with van der Waals surface area (Å²) < 4.78 is 19.1. The normalized spacial score (nSPS) is 18.9. The molecule has 5 heteroatoms. The van der Waals surface area contributed by atoms with Gasteiger partial charge in [-0.15, -0.1) is 0 Å². The van der Waals surface area contributed by atoms with Gasteiger partial charge < -0.3 is 10.2 Å². The number of hydrogen-bond donors (Lipinski definition) is 1. The summed E-state index contributed by atoms with van der Waals surface area (Å²) in [4.78, 5) is 4.43. The molecule has 1 fully saturated rings. The highest BCUT2D eigenvalue weighted by Crippen LogP contribution is 2.40. The van der Waals surface area contributed by atoms with E-state index in [0.29, 0.717) is 23.5 Å². The lowest BCUT2D eigenvalue weighted by atomic mass is 9.74. The first-order valence-electron chi connectivity index (χ1n) is 6.61. The predicted octanol–water partition coefficient (Wildman–Crippen LogP) is 3.78. The van der Waals surface area contributed by atoms with Gasteiger partial charge >= 0.3 is 0 Å². The van der Waals surface area contributed by atoms with Crippen LogP contribution >= 0.6 is 11.6 Å². The van der Waals surface area contributed by atoms with Gasteiger partial charge in [0, 0.05) is 12.6 Å². The van der Waals surface area contributed by atoms with Crippen molar-refractivity contribution >= 4 is 22.7 Å².